The van der Waals surface area contributed by atoms with E-state index in [1.165, 1.54) is 14.2 Å². The zero-order valence-corrected chi connectivity index (χ0v) is 22.6. The lowest BCUT2D eigenvalue weighted by Crippen LogP contribution is -2.68. The predicted molar refractivity (Wildman–Crippen MR) is 132 cm³/mol. The summed E-state index contributed by atoms with van der Waals surface area (Å²) in [6.07, 6.45) is -12.2. The summed E-state index contributed by atoms with van der Waals surface area (Å²) in [6, 6.07) is 0. The van der Waals surface area contributed by atoms with Crippen molar-refractivity contribution in [3.05, 3.63) is 0 Å². The average molecular weight is 580 g/mol. The summed E-state index contributed by atoms with van der Waals surface area (Å²) in [5, 5.41) is 72.4. The standard InChI is InChI=1S/C26H42O14/c1-35-14-3-9(4-15(36-2)19(14)29)23-24(40-26-22(32)21(31)20(30)17(8-27)39-26)11-7-16(25(33)34)37-12-5-10(28)6-13(38-23)18(11)12/h9-24,26-32H,3-8H2,1-2H3,(H,33,34)/p+1. The molecule has 2 aliphatic carbocycles. The number of rotatable bonds is 7. The van der Waals surface area contributed by atoms with Gasteiger partial charge in [0.15, 0.2) is 24.6 Å². The van der Waals surface area contributed by atoms with Crippen LogP contribution in [-0.4, -0.2) is 153 Å². The molecule has 0 aromatic carbocycles. The van der Waals surface area contributed by atoms with Crippen LogP contribution < -0.4 is 0 Å². The van der Waals surface area contributed by atoms with E-state index >= 15 is 0 Å². The van der Waals surface area contributed by atoms with Crippen LogP contribution in [0.2, 0.25) is 0 Å². The fraction of sp³-hybridized carbons (Fsp3) is 0.962. The number of methoxy groups -OCH3 is 2. The molecule has 5 rings (SSSR count). The molecule has 5 fully saturated rings. The molecule has 230 valence electrons. The van der Waals surface area contributed by atoms with Crippen molar-refractivity contribution in [3.8, 4) is 0 Å². The summed E-state index contributed by atoms with van der Waals surface area (Å²) in [6.45, 7) is -0.627. The highest BCUT2D eigenvalue weighted by atomic mass is 16.7. The molecule has 2 saturated carbocycles. The third-order valence-corrected chi connectivity index (χ3v) is 9.67. The van der Waals surface area contributed by atoms with Crippen LogP contribution in [0.15, 0.2) is 0 Å². The maximum atomic E-state index is 12.1. The molecule has 0 radical (unpaired) electrons. The van der Waals surface area contributed by atoms with Crippen molar-refractivity contribution >= 4 is 5.97 Å². The van der Waals surface area contributed by atoms with E-state index in [0.717, 1.165) is 0 Å². The van der Waals surface area contributed by atoms with Gasteiger partial charge in [0, 0.05) is 38.9 Å². The van der Waals surface area contributed by atoms with Gasteiger partial charge in [0.2, 0.25) is 0 Å². The van der Waals surface area contributed by atoms with Crippen LogP contribution in [0.25, 0.3) is 0 Å². The molecule has 14 nitrogen and oxygen atoms in total. The number of carboxylic acid groups (broad SMARTS) is 1. The van der Waals surface area contributed by atoms with Gasteiger partial charge in [-0.1, -0.05) is 0 Å². The van der Waals surface area contributed by atoms with Crippen LogP contribution in [0, 0.1) is 17.8 Å². The maximum Gasteiger partial charge on any atom is 0.332 e. The Bertz CT molecular complexity index is 860. The van der Waals surface area contributed by atoms with Crippen molar-refractivity contribution in [2.75, 3.05) is 20.8 Å². The highest BCUT2D eigenvalue weighted by molar-refractivity contribution is 5.72. The molecule has 0 spiro atoms. The van der Waals surface area contributed by atoms with Crippen molar-refractivity contribution in [1.82, 2.24) is 0 Å². The Labute approximate surface area is 231 Å². The largest absolute Gasteiger partial charge is 0.479 e. The van der Waals surface area contributed by atoms with Crippen molar-refractivity contribution in [1.29, 1.82) is 0 Å². The second-order valence-electron chi connectivity index (χ2n) is 11.9. The first-order valence-electron chi connectivity index (χ1n) is 14.0. The average Bonchev–Trinajstić information content (AvgIpc) is 2.93. The van der Waals surface area contributed by atoms with Crippen molar-refractivity contribution < 1.29 is 69.0 Å². The number of hydrogen-bond acceptors (Lipinski definition) is 12. The molecule has 0 bridgehead atoms. The van der Waals surface area contributed by atoms with E-state index in [1.54, 1.807) is 0 Å². The van der Waals surface area contributed by atoms with Gasteiger partial charge >= 0.3 is 5.97 Å². The third-order valence-electron chi connectivity index (χ3n) is 9.67. The Morgan fingerprint density at radius 1 is 0.875 bits per heavy atom. The third kappa shape index (κ3) is 5.54. The topological polar surface area (TPSA) is 218 Å². The van der Waals surface area contributed by atoms with E-state index in [1.807, 2.05) is 0 Å². The lowest BCUT2D eigenvalue weighted by Gasteiger charge is -2.55. The lowest BCUT2D eigenvalue weighted by atomic mass is 9.64. The highest BCUT2D eigenvalue weighted by Crippen LogP contribution is 2.50. The molecule has 15 atom stereocenters. The van der Waals surface area contributed by atoms with E-state index in [4.69, 9.17) is 28.4 Å². The maximum absolute atomic E-state index is 12.1. The molecule has 0 amide bonds. The van der Waals surface area contributed by atoms with Gasteiger partial charge in [-0.15, -0.1) is 0 Å². The molecule has 8 N–H and O–H groups in total. The van der Waals surface area contributed by atoms with Crippen molar-refractivity contribution in [3.63, 3.8) is 0 Å². The molecular formula is C26H43O14+. The first-order chi connectivity index (χ1) is 19.1. The smallest absolute Gasteiger partial charge is 0.332 e. The number of aliphatic hydroxyl groups excluding tert-OH is 6. The Morgan fingerprint density at radius 2 is 1.55 bits per heavy atom. The number of hydrogen-bond donors (Lipinski definition) is 7. The summed E-state index contributed by atoms with van der Waals surface area (Å²) < 4.78 is 34.3. The highest BCUT2D eigenvalue weighted by Gasteiger charge is 2.62. The van der Waals surface area contributed by atoms with Gasteiger partial charge in [0.1, 0.15) is 36.6 Å². The first-order valence-corrected chi connectivity index (χ1v) is 14.0. The molecule has 5 aliphatic rings. The van der Waals surface area contributed by atoms with E-state index in [0.29, 0.717) is 19.3 Å². The molecule has 3 heterocycles. The lowest BCUT2D eigenvalue weighted by molar-refractivity contribution is -0.380. The number of carbonyl (C=O) groups is 1. The molecule has 40 heavy (non-hydrogen) atoms. The number of carboxylic acids is 1. The summed E-state index contributed by atoms with van der Waals surface area (Å²) in [5.41, 5.74) is 0. The van der Waals surface area contributed by atoms with Crippen LogP contribution >= 0.6 is 0 Å². The first kappa shape index (κ1) is 30.4. The molecule has 0 aromatic rings. The Balaban J connectivity index is 1.51. The fourth-order valence-corrected chi connectivity index (χ4v) is 7.68. The normalized spacial score (nSPS) is 53.0. The van der Waals surface area contributed by atoms with E-state index in [-0.39, 0.29) is 30.8 Å². The Hall–Kier alpha value is -1.01. The van der Waals surface area contributed by atoms with Crippen molar-refractivity contribution in [2.45, 2.75) is 118 Å². The van der Waals surface area contributed by atoms with E-state index in [2.05, 4.69) is 0 Å². The fourth-order valence-electron chi connectivity index (χ4n) is 7.68. The molecule has 0 aromatic heterocycles. The van der Waals surface area contributed by atoms with Gasteiger partial charge in [0.05, 0.1) is 36.9 Å². The van der Waals surface area contributed by atoms with Gasteiger partial charge in [0.25, 0.3) is 0 Å². The van der Waals surface area contributed by atoms with Gasteiger partial charge in [-0.05, 0) is 19.3 Å². The van der Waals surface area contributed by atoms with Crippen molar-refractivity contribution in [2.24, 2.45) is 17.8 Å². The second kappa shape index (κ2) is 12.3. The number of ether oxygens (including phenoxy) is 6. The predicted octanol–water partition coefficient (Wildman–Crippen LogP) is -3.12. The van der Waals surface area contributed by atoms with Crippen LogP contribution in [0.3, 0.4) is 0 Å². The summed E-state index contributed by atoms with van der Waals surface area (Å²) in [4.78, 5) is 12.1. The monoisotopic (exact) mass is 579 g/mol. The second-order valence-corrected chi connectivity index (χ2v) is 11.9. The Morgan fingerprint density at radius 3 is 2.15 bits per heavy atom. The van der Waals surface area contributed by atoms with Crippen LogP contribution in [0.4, 0.5) is 0 Å². The Kier molecular flexibility index (Phi) is 9.37. The van der Waals surface area contributed by atoms with Gasteiger partial charge in [-0.25, -0.2) is 4.79 Å². The molecule has 3 aliphatic heterocycles. The summed E-state index contributed by atoms with van der Waals surface area (Å²) >= 11 is 0. The quantitative estimate of drug-likeness (QED) is 0.149. The van der Waals surface area contributed by atoms with E-state index < -0.39 is 98.0 Å². The van der Waals surface area contributed by atoms with Gasteiger partial charge in [-0.3, -0.25) is 0 Å². The van der Waals surface area contributed by atoms with Gasteiger partial charge < -0.3 is 64.2 Å². The minimum Gasteiger partial charge on any atom is -0.479 e. The van der Waals surface area contributed by atoms with Crippen LogP contribution in [0.5, 0.6) is 0 Å². The van der Waals surface area contributed by atoms with E-state index in [9.17, 15) is 40.5 Å². The molecule has 14 heteroatoms. The summed E-state index contributed by atoms with van der Waals surface area (Å²) in [5.74, 6) is -2.09. The molecule has 3 saturated heterocycles. The zero-order valence-electron chi connectivity index (χ0n) is 22.6. The minimum atomic E-state index is -1.65. The van der Waals surface area contributed by atoms with Gasteiger partial charge in [-0.2, -0.15) is 0 Å². The van der Waals surface area contributed by atoms with Crippen LogP contribution in [0.1, 0.15) is 32.1 Å². The number of aliphatic hydroxyl groups is 8. The van der Waals surface area contributed by atoms with Crippen LogP contribution in [-0.2, 0) is 28.5 Å². The minimum absolute atomic E-state index is 0.0912. The SMILES string of the molecule is COC1CC(C2[OH+]C3CC(O)CC4OC(C(=O)O)CC(C2OC2OC(CO)C(O)C(O)C2O)C43)CC(OC)C1O. The summed E-state index contributed by atoms with van der Waals surface area (Å²) in [7, 11) is 2.99. The number of aliphatic carboxylic acids is 1. The zero-order chi connectivity index (χ0) is 28.9. The molecule has 15 unspecified atom stereocenters. The molecular weight excluding hydrogens is 536 g/mol.